The first kappa shape index (κ1) is 22.3. The second kappa shape index (κ2) is 8.24. The summed E-state index contributed by atoms with van der Waals surface area (Å²) in [7, 11) is 1.42. The van der Waals surface area contributed by atoms with Crippen LogP contribution in [0.4, 0.5) is 0 Å². The summed E-state index contributed by atoms with van der Waals surface area (Å²) in [6.45, 7) is 7.60. The summed E-state index contributed by atoms with van der Waals surface area (Å²) in [4.78, 5) is 13.7. The van der Waals surface area contributed by atoms with Gasteiger partial charge in [0.2, 0.25) is 5.43 Å². The number of phenolic OH excluding ortho intramolecular Hbond substituents is 3. The molecule has 2 heterocycles. The van der Waals surface area contributed by atoms with E-state index in [9.17, 15) is 20.1 Å². The molecule has 1 aromatic heterocycles. The number of rotatable bonds is 4. The third-order valence-corrected chi connectivity index (χ3v) is 5.52. The summed E-state index contributed by atoms with van der Waals surface area (Å²) in [6, 6.07) is 4.11. The number of methoxy groups -OCH3 is 1. The lowest BCUT2D eigenvalue weighted by Gasteiger charge is -2.27. The van der Waals surface area contributed by atoms with E-state index in [1.54, 1.807) is 6.08 Å². The zero-order valence-corrected chi connectivity index (χ0v) is 19.1. The molecule has 33 heavy (non-hydrogen) atoms. The third kappa shape index (κ3) is 3.80. The molecule has 1 aliphatic heterocycles. The van der Waals surface area contributed by atoms with Gasteiger partial charge in [-0.1, -0.05) is 17.2 Å². The molecule has 1 atom stereocenters. The standard InChI is InChI=1S/C26H26O7/c1-12(2)6-7-14-16(27)10-18(29)22-24(30)23-21(8-13(3)4)32-19-11-17(28)20(31-5)9-15(19)26(23)33-25(14)22/h6,8-11,21,27-29H,7H2,1-5H3/t21-/m0/s1. The van der Waals surface area contributed by atoms with E-state index < -0.39 is 11.5 Å². The first-order chi connectivity index (χ1) is 15.6. The molecule has 0 spiro atoms. The van der Waals surface area contributed by atoms with Crippen molar-refractivity contribution in [2.75, 3.05) is 7.11 Å². The Balaban J connectivity index is 2.15. The summed E-state index contributed by atoms with van der Waals surface area (Å²) in [5.74, 6) is 0.0922. The molecule has 7 nitrogen and oxygen atoms in total. The van der Waals surface area contributed by atoms with Crippen LogP contribution in [0.15, 0.2) is 50.7 Å². The Labute approximate surface area is 190 Å². The van der Waals surface area contributed by atoms with Gasteiger partial charge in [-0.2, -0.15) is 0 Å². The molecular weight excluding hydrogens is 424 g/mol. The summed E-state index contributed by atoms with van der Waals surface area (Å²) >= 11 is 0. The second-order valence-electron chi connectivity index (χ2n) is 8.56. The number of phenols is 3. The Hall–Kier alpha value is -3.87. The summed E-state index contributed by atoms with van der Waals surface area (Å²) in [6.07, 6.45) is 3.19. The number of allylic oxidation sites excluding steroid dienone is 3. The van der Waals surface area contributed by atoms with Crippen molar-refractivity contribution in [2.24, 2.45) is 0 Å². The van der Waals surface area contributed by atoms with Gasteiger partial charge in [-0.3, -0.25) is 4.79 Å². The van der Waals surface area contributed by atoms with Gasteiger partial charge in [0, 0.05) is 17.7 Å². The van der Waals surface area contributed by atoms with E-state index in [-0.39, 0.29) is 45.3 Å². The lowest BCUT2D eigenvalue weighted by Crippen LogP contribution is -2.22. The monoisotopic (exact) mass is 450 g/mol. The van der Waals surface area contributed by atoms with Gasteiger partial charge in [-0.05, 0) is 46.3 Å². The Morgan fingerprint density at radius 2 is 1.76 bits per heavy atom. The highest BCUT2D eigenvalue weighted by Crippen LogP contribution is 2.48. The van der Waals surface area contributed by atoms with Crippen LogP contribution in [0.2, 0.25) is 0 Å². The SMILES string of the molecule is COc1cc2c(cc1O)O[C@@H](C=C(C)C)c1c-2oc2c(CC=C(C)C)c(O)cc(O)c2c1=O. The average Bonchev–Trinajstić information content (AvgIpc) is 2.72. The van der Waals surface area contributed by atoms with E-state index in [4.69, 9.17) is 13.9 Å². The number of hydrogen-bond acceptors (Lipinski definition) is 7. The van der Waals surface area contributed by atoms with E-state index in [2.05, 4.69) is 0 Å². The van der Waals surface area contributed by atoms with Gasteiger partial charge in [0.05, 0.1) is 18.2 Å². The number of hydrogen-bond donors (Lipinski definition) is 3. The molecule has 0 saturated heterocycles. The first-order valence-corrected chi connectivity index (χ1v) is 10.5. The van der Waals surface area contributed by atoms with Crippen molar-refractivity contribution < 1.29 is 29.2 Å². The largest absolute Gasteiger partial charge is 0.507 e. The normalized spacial score (nSPS) is 14.2. The van der Waals surface area contributed by atoms with Gasteiger partial charge in [-0.25, -0.2) is 0 Å². The highest BCUT2D eigenvalue weighted by Gasteiger charge is 2.33. The Morgan fingerprint density at radius 3 is 2.39 bits per heavy atom. The molecule has 0 bridgehead atoms. The summed E-state index contributed by atoms with van der Waals surface area (Å²) < 4.78 is 17.6. The first-order valence-electron chi connectivity index (χ1n) is 10.5. The van der Waals surface area contributed by atoms with Crippen LogP contribution in [0.1, 0.15) is 44.9 Å². The van der Waals surface area contributed by atoms with Gasteiger partial charge in [0.25, 0.3) is 0 Å². The molecular formula is C26H26O7. The van der Waals surface area contributed by atoms with E-state index >= 15 is 0 Å². The van der Waals surface area contributed by atoms with Crippen LogP contribution < -0.4 is 14.9 Å². The van der Waals surface area contributed by atoms with Crippen LogP contribution >= 0.6 is 0 Å². The van der Waals surface area contributed by atoms with Gasteiger partial charge in [-0.15, -0.1) is 0 Å². The van der Waals surface area contributed by atoms with E-state index in [0.717, 1.165) is 17.2 Å². The quantitative estimate of drug-likeness (QED) is 0.451. The van der Waals surface area contributed by atoms with Gasteiger partial charge in [0.15, 0.2) is 11.5 Å². The number of benzene rings is 2. The minimum absolute atomic E-state index is 0.0198. The molecule has 3 N–H and O–H groups in total. The smallest absolute Gasteiger partial charge is 0.204 e. The fourth-order valence-electron chi connectivity index (χ4n) is 3.96. The average molecular weight is 450 g/mol. The fourth-order valence-corrected chi connectivity index (χ4v) is 3.96. The maximum Gasteiger partial charge on any atom is 0.204 e. The van der Waals surface area contributed by atoms with Crippen molar-refractivity contribution >= 4 is 11.0 Å². The van der Waals surface area contributed by atoms with E-state index in [1.165, 1.54) is 19.2 Å². The molecule has 0 saturated carbocycles. The number of aromatic hydroxyl groups is 3. The Bertz CT molecular complexity index is 1380. The van der Waals surface area contributed by atoms with Crippen LogP contribution in [0.3, 0.4) is 0 Å². The molecule has 1 aliphatic rings. The van der Waals surface area contributed by atoms with Gasteiger partial charge in [0.1, 0.15) is 40.1 Å². The zero-order chi connectivity index (χ0) is 24.0. The summed E-state index contributed by atoms with van der Waals surface area (Å²) in [5.41, 5.74) is 2.61. The molecule has 0 radical (unpaired) electrons. The van der Waals surface area contributed by atoms with Crippen LogP contribution in [-0.2, 0) is 6.42 Å². The molecule has 0 amide bonds. The third-order valence-electron chi connectivity index (χ3n) is 5.52. The van der Waals surface area contributed by atoms with Crippen molar-refractivity contribution in [3.05, 3.63) is 62.8 Å². The summed E-state index contributed by atoms with van der Waals surface area (Å²) in [5, 5.41) is 31.4. The van der Waals surface area contributed by atoms with Crippen LogP contribution in [0.25, 0.3) is 22.3 Å². The molecule has 0 unspecified atom stereocenters. The minimum atomic E-state index is -0.791. The second-order valence-corrected chi connectivity index (χ2v) is 8.56. The fraction of sp³-hybridized carbons (Fsp3) is 0.269. The Morgan fingerprint density at radius 1 is 1.03 bits per heavy atom. The molecule has 0 aliphatic carbocycles. The van der Waals surface area contributed by atoms with Crippen LogP contribution in [-0.4, -0.2) is 22.4 Å². The molecule has 0 fully saturated rings. The molecule has 2 aromatic carbocycles. The maximum atomic E-state index is 13.7. The van der Waals surface area contributed by atoms with E-state index in [0.29, 0.717) is 23.3 Å². The number of fused-ring (bicyclic) bond motifs is 4. The topological polar surface area (TPSA) is 109 Å². The highest BCUT2D eigenvalue weighted by atomic mass is 16.5. The molecule has 4 rings (SSSR count). The van der Waals surface area contributed by atoms with E-state index in [1.807, 2.05) is 33.8 Å². The van der Waals surface area contributed by atoms with Gasteiger partial charge < -0.3 is 29.2 Å². The molecule has 3 aromatic rings. The lowest BCUT2D eigenvalue weighted by molar-refractivity contribution is 0.242. The van der Waals surface area contributed by atoms with Crippen LogP contribution in [0, 0.1) is 0 Å². The van der Waals surface area contributed by atoms with Crippen molar-refractivity contribution in [3.63, 3.8) is 0 Å². The lowest BCUT2D eigenvalue weighted by atomic mass is 9.94. The Kier molecular flexibility index (Phi) is 5.57. The molecule has 7 heteroatoms. The van der Waals surface area contributed by atoms with Gasteiger partial charge >= 0.3 is 0 Å². The zero-order valence-electron chi connectivity index (χ0n) is 19.1. The highest BCUT2D eigenvalue weighted by molar-refractivity contribution is 5.91. The number of ether oxygens (including phenoxy) is 2. The minimum Gasteiger partial charge on any atom is -0.507 e. The van der Waals surface area contributed by atoms with Crippen molar-refractivity contribution in [3.8, 4) is 40.1 Å². The van der Waals surface area contributed by atoms with Crippen molar-refractivity contribution in [2.45, 2.75) is 40.2 Å². The van der Waals surface area contributed by atoms with Crippen LogP contribution in [0.5, 0.6) is 28.7 Å². The predicted octanol–water partition coefficient (Wildman–Crippen LogP) is 5.49. The molecule has 172 valence electrons. The maximum absolute atomic E-state index is 13.7. The van der Waals surface area contributed by atoms with Crippen molar-refractivity contribution in [1.29, 1.82) is 0 Å². The van der Waals surface area contributed by atoms with Crippen molar-refractivity contribution in [1.82, 2.24) is 0 Å². The predicted molar refractivity (Wildman–Crippen MR) is 125 cm³/mol.